The van der Waals surface area contributed by atoms with Gasteiger partial charge in [-0.2, -0.15) is 0 Å². The molecule has 0 radical (unpaired) electrons. The van der Waals surface area contributed by atoms with E-state index in [2.05, 4.69) is 182 Å². The van der Waals surface area contributed by atoms with Gasteiger partial charge in [-0.05, 0) is 133 Å². The van der Waals surface area contributed by atoms with Crippen molar-refractivity contribution in [2.75, 3.05) is 0 Å². The van der Waals surface area contributed by atoms with Crippen LogP contribution in [0.5, 0.6) is 0 Å². The summed E-state index contributed by atoms with van der Waals surface area (Å²) >= 11 is 0. The zero-order valence-electron chi connectivity index (χ0n) is 27.3. The Morgan fingerprint density at radius 1 is 0.160 bits per heavy atom. The maximum absolute atomic E-state index is 2.38. The summed E-state index contributed by atoms with van der Waals surface area (Å²) in [6, 6.07) is 67.8. The molecule has 11 aromatic carbocycles. The van der Waals surface area contributed by atoms with Crippen molar-refractivity contribution in [3.63, 3.8) is 0 Å². The molecule has 0 fully saturated rings. The molecule has 0 heteroatoms. The van der Waals surface area contributed by atoms with Crippen molar-refractivity contribution >= 4 is 86.2 Å². The maximum atomic E-state index is 2.38. The lowest BCUT2D eigenvalue weighted by Gasteiger charge is -2.12. The van der Waals surface area contributed by atoms with Crippen LogP contribution in [0.3, 0.4) is 0 Å². The second kappa shape index (κ2) is 10.5. The Labute approximate surface area is 289 Å². The number of benzene rings is 11. The number of rotatable bonds is 2. The first-order valence-electron chi connectivity index (χ1n) is 17.4. The zero-order valence-corrected chi connectivity index (χ0v) is 27.3. The Hall–Kier alpha value is -6.50. The lowest BCUT2D eigenvalue weighted by Crippen LogP contribution is -1.85. The Morgan fingerprint density at radius 3 is 0.940 bits per heavy atom. The minimum Gasteiger partial charge on any atom is -0.0616 e. The van der Waals surface area contributed by atoms with Gasteiger partial charge in [0, 0.05) is 0 Å². The van der Waals surface area contributed by atoms with Gasteiger partial charge in [-0.3, -0.25) is 0 Å². The first-order valence-corrected chi connectivity index (χ1v) is 17.4. The van der Waals surface area contributed by atoms with Crippen LogP contribution in [0.25, 0.3) is 108 Å². The average Bonchev–Trinajstić information content (AvgIpc) is 3.19. The minimum absolute atomic E-state index is 1.24. The molecule has 0 N–H and O–H groups in total. The molecular weight excluding hydrogens is 601 g/mol. The SMILES string of the molecule is c1ccc2c(c1)ccc1c3cc(-c4ccc5c(ccc6ccc(-c7ccc8ccc9c%10ccccc%10ccc9c8c7)cc65)c4)ccc3ccc21. The zero-order chi connectivity index (χ0) is 32.8. The second-order valence-electron chi connectivity index (χ2n) is 13.7. The highest BCUT2D eigenvalue weighted by atomic mass is 14.1. The van der Waals surface area contributed by atoms with Gasteiger partial charge in [0.1, 0.15) is 0 Å². The van der Waals surface area contributed by atoms with E-state index < -0.39 is 0 Å². The van der Waals surface area contributed by atoms with Gasteiger partial charge in [0.05, 0.1) is 0 Å². The van der Waals surface area contributed by atoms with E-state index in [0.717, 1.165) is 0 Å². The van der Waals surface area contributed by atoms with Crippen molar-refractivity contribution in [2.24, 2.45) is 0 Å². The van der Waals surface area contributed by atoms with Crippen LogP contribution in [0, 0.1) is 0 Å². The quantitative estimate of drug-likeness (QED) is 0.167. The smallest absolute Gasteiger partial charge is 0.00987 e. The minimum atomic E-state index is 1.24. The maximum Gasteiger partial charge on any atom is -0.00987 e. The van der Waals surface area contributed by atoms with E-state index in [1.807, 2.05) is 0 Å². The highest BCUT2D eigenvalue weighted by Gasteiger charge is 2.11. The molecule has 0 atom stereocenters. The molecule has 0 aliphatic carbocycles. The largest absolute Gasteiger partial charge is 0.0616 e. The fourth-order valence-electron chi connectivity index (χ4n) is 8.41. The second-order valence-corrected chi connectivity index (χ2v) is 13.7. The van der Waals surface area contributed by atoms with Crippen LogP contribution in [0.2, 0.25) is 0 Å². The molecule has 0 spiro atoms. The Kier molecular flexibility index (Phi) is 5.76. The summed E-state index contributed by atoms with van der Waals surface area (Å²) in [5, 5.41) is 20.6. The van der Waals surface area contributed by atoms with Crippen LogP contribution < -0.4 is 0 Å². The van der Waals surface area contributed by atoms with Crippen molar-refractivity contribution in [1.82, 2.24) is 0 Å². The van der Waals surface area contributed by atoms with E-state index >= 15 is 0 Å². The van der Waals surface area contributed by atoms with Gasteiger partial charge >= 0.3 is 0 Å². The van der Waals surface area contributed by atoms with Crippen LogP contribution in [-0.2, 0) is 0 Å². The van der Waals surface area contributed by atoms with Gasteiger partial charge in [0.25, 0.3) is 0 Å². The summed E-state index contributed by atoms with van der Waals surface area (Å²) < 4.78 is 0. The fraction of sp³-hybridized carbons (Fsp3) is 0. The molecule has 0 heterocycles. The van der Waals surface area contributed by atoms with Gasteiger partial charge in [-0.25, -0.2) is 0 Å². The first-order chi connectivity index (χ1) is 24.7. The Morgan fingerprint density at radius 2 is 0.440 bits per heavy atom. The summed E-state index contributed by atoms with van der Waals surface area (Å²) in [5.74, 6) is 0. The summed E-state index contributed by atoms with van der Waals surface area (Å²) in [4.78, 5) is 0. The highest BCUT2D eigenvalue weighted by molar-refractivity contribution is 6.19. The molecule has 0 unspecified atom stereocenters. The highest BCUT2D eigenvalue weighted by Crippen LogP contribution is 2.38. The van der Waals surface area contributed by atoms with Crippen LogP contribution >= 0.6 is 0 Å². The van der Waals surface area contributed by atoms with Crippen LogP contribution in [0.4, 0.5) is 0 Å². The molecule has 11 aromatic rings. The molecular formula is C50H30. The van der Waals surface area contributed by atoms with Crippen molar-refractivity contribution in [3.05, 3.63) is 182 Å². The Balaban J connectivity index is 1.03. The lowest BCUT2D eigenvalue weighted by atomic mass is 9.92. The van der Waals surface area contributed by atoms with E-state index in [-0.39, 0.29) is 0 Å². The third-order valence-corrected chi connectivity index (χ3v) is 11.0. The van der Waals surface area contributed by atoms with E-state index in [0.29, 0.717) is 0 Å². The van der Waals surface area contributed by atoms with Crippen molar-refractivity contribution in [1.29, 1.82) is 0 Å². The van der Waals surface area contributed by atoms with Gasteiger partial charge in [0.2, 0.25) is 0 Å². The summed E-state index contributed by atoms with van der Waals surface area (Å²) in [6.07, 6.45) is 0. The van der Waals surface area contributed by atoms with E-state index in [1.54, 1.807) is 0 Å². The molecule has 0 bridgehead atoms. The normalized spacial score (nSPS) is 12.0. The van der Waals surface area contributed by atoms with Gasteiger partial charge < -0.3 is 0 Å². The number of fused-ring (bicyclic) bond motifs is 13. The summed E-state index contributed by atoms with van der Waals surface area (Å²) in [7, 11) is 0. The van der Waals surface area contributed by atoms with E-state index in [1.165, 1.54) is 108 Å². The van der Waals surface area contributed by atoms with Gasteiger partial charge in [-0.1, -0.05) is 158 Å². The number of hydrogen-bond acceptors (Lipinski definition) is 0. The third kappa shape index (κ3) is 4.12. The van der Waals surface area contributed by atoms with Crippen molar-refractivity contribution in [3.8, 4) is 22.3 Å². The van der Waals surface area contributed by atoms with Crippen LogP contribution in [0.15, 0.2) is 182 Å². The molecule has 11 rings (SSSR count). The predicted molar refractivity (Wildman–Crippen MR) is 217 cm³/mol. The van der Waals surface area contributed by atoms with Crippen molar-refractivity contribution < 1.29 is 0 Å². The lowest BCUT2D eigenvalue weighted by molar-refractivity contribution is 1.68. The average molecular weight is 631 g/mol. The molecule has 0 nitrogen and oxygen atoms in total. The molecule has 0 aliphatic rings. The van der Waals surface area contributed by atoms with Crippen molar-refractivity contribution in [2.45, 2.75) is 0 Å². The number of hydrogen-bond donors (Lipinski definition) is 0. The monoisotopic (exact) mass is 630 g/mol. The molecule has 0 saturated carbocycles. The molecule has 0 amide bonds. The molecule has 50 heavy (non-hydrogen) atoms. The molecule has 0 aromatic heterocycles. The molecule has 230 valence electrons. The molecule has 0 saturated heterocycles. The molecule has 0 aliphatic heterocycles. The summed E-state index contributed by atoms with van der Waals surface area (Å²) in [6.45, 7) is 0. The summed E-state index contributed by atoms with van der Waals surface area (Å²) in [5.41, 5.74) is 4.96. The van der Waals surface area contributed by atoms with E-state index in [9.17, 15) is 0 Å². The Bertz CT molecular complexity index is 3200. The first kappa shape index (κ1) is 27.5. The van der Waals surface area contributed by atoms with Crippen LogP contribution in [-0.4, -0.2) is 0 Å². The predicted octanol–water partition coefficient (Wildman–Crippen LogP) is 14.2. The van der Waals surface area contributed by atoms with Gasteiger partial charge in [-0.15, -0.1) is 0 Å². The standard InChI is InChI=1S/C50H30/c1-3-7-41-31(5-1)17-25-46-44(41)23-19-34-10-13-37(29-49(34)46)36-21-22-43-40(27-36)16-12-33-9-14-38(28-48(33)43)39-15-11-35-20-24-45-42-8-4-2-6-32(42)18-26-47(45)50(35)30-39/h1-30H. The topological polar surface area (TPSA) is 0 Å². The fourth-order valence-corrected chi connectivity index (χ4v) is 8.41. The van der Waals surface area contributed by atoms with E-state index in [4.69, 9.17) is 0 Å². The third-order valence-electron chi connectivity index (χ3n) is 11.0. The van der Waals surface area contributed by atoms with Gasteiger partial charge in [0.15, 0.2) is 0 Å². The van der Waals surface area contributed by atoms with Crippen LogP contribution in [0.1, 0.15) is 0 Å².